The second kappa shape index (κ2) is 6.57. The van der Waals surface area contributed by atoms with Crippen LogP contribution in [0.2, 0.25) is 0 Å². The average Bonchev–Trinajstić information content (AvgIpc) is 2.42. The molecule has 18 heavy (non-hydrogen) atoms. The average molecular weight is 267 g/mol. The lowest BCUT2D eigenvalue weighted by Crippen LogP contribution is -2.48. The smallest absolute Gasteiger partial charge is 0.0933 e. The summed E-state index contributed by atoms with van der Waals surface area (Å²) in [7, 11) is 0. The lowest BCUT2D eigenvalue weighted by atomic mass is 10.1. The van der Waals surface area contributed by atoms with Crippen LogP contribution in [-0.4, -0.2) is 48.2 Å². The molecule has 1 saturated heterocycles. The van der Waals surface area contributed by atoms with E-state index in [1.54, 1.807) is 11.8 Å². The fraction of sp³-hybridized carbons (Fsp3) is 0.571. The summed E-state index contributed by atoms with van der Waals surface area (Å²) in [6.07, 6.45) is 2.05. The van der Waals surface area contributed by atoms with Gasteiger partial charge in [-0.25, -0.2) is 0 Å². The minimum Gasteiger partial charge on any atom is -0.394 e. The van der Waals surface area contributed by atoms with Gasteiger partial charge in [0.05, 0.1) is 19.3 Å². The van der Waals surface area contributed by atoms with Crippen LogP contribution < -0.4 is 0 Å². The van der Waals surface area contributed by atoms with E-state index in [1.807, 2.05) is 0 Å². The molecule has 100 valence electrons. The lowest BCUT2D eigenvalue weighted by Gasteiger charge is -2.37. The van der Waals surface area contributed by atoms with Crippen LogP contribution in [0.4, 0.5) is 0 Å². The third kappa shape index (κ3) is 3.48. The van der Waals surface area contributed by atoms with Crippen LogP contribution in [0.25, 0.3) is 0 Å². The fourth-order valence-corrected chi connectivity index (χ4v) is 2.58. The van der Waals surface area contributed by atoms with Gasteiger partial charge in [0, 0.05) is 24.0 Å². The van der Waals surface area contributed by atoms with Crippen molar-refractivity contribution in [3.8, 4) is 0 Å². The van der Waals surface area contributed by atoms with Gasteiger partial charge in [-0.2, -0.15) is 0 Å². The maximum Gasteiger partial charge on any atom is 0.0933 e. The van der Waals surface area contributed by atoms with E-state index in [1.165, 1.54) is 10.5 Å². The van der Waals surface area contributed by atoms with Crippen LogP contribution in [-0.2, 0) is 11.3 Å². The Balaban J connectivity index is 1.97. The topological polar surface area (TPSA) is 32.7 Å². The van der Waals surface area contributed by atoms with Gasteiger partial charge < -0.3 is 9.84 Å². The van der Waals surface area contributed by atoms with Crippen molar-refractivity contribution in [3.05, 3.63) is 29.8 Å². The Bertz CT molecular complexity index is 369. The Morgan fingerprint density at radius 1 is 1.39 bits per heavy atom. The van der Waals surface area contributed by atoms with Crippen LogP contribution in [0.3, 0.4) is 0 Å². The summed E-state index contributed by atoms with van der Waals surface area (Å²) < 4.78 is 5.55. The molecule has 2 rings (SSSR count). The minimum absolute atomic E-state index is 0.0355. The van der Waals surface area contributed by atoms with Gasteiger partial charge in [0.1, 0.15) is 0 Å². The number of thioether (sulfide) groups is 1. The first kappa shape index (κ1) is 13.9. The molecule has 2 atom stereocenters. The molecule has 1 fully saturated rings. The van der Waals surface area contributed by atoms with Crippen molar-refractivity contribution in [2.45, 2.75) is 30.5 Å². The van der Waals surface area contributed by atoms with Gasteiger partial charge >= 0.3 is 0 Å². The Kier molecular flexibility index (Phi) is 5.06. The van der Waals surface area contributed by atoms with Gasteiger partial charge in [0.2, 0.25) is 0 Å². The largest absolute Gasteiger partial charge is 0.394 e. The molecule has 1 N–H and O–H groups in total. The molecule has 4 heteroatoms. The summed E-state index contributed by atoms with van der Waals surface area (Å²) in [5, 5.41) is 9.18. The van der Waals surface area contributed by atoms with Crippen LogP contribution >= 0.6 is 11.8 Å². The van der Waals surface area contributed by atoms with Gasteiger partial charge in [-0.1, -0.05) is 12.1 Å². The van der Waals surface area contributed by atoms with Crippen molar-refractivity contribution >= 4 is 11.8 Å². The molecule has 3 nitrogen and oxygen atoms in total. The number of ether oxygens (including phenoxy) is 1. The van der Waals surface area contributed by atoms with Crippen LogP contribution in [0, 0.1) is 0 Å². The van der Waals surface area contributed by atoms with E-state index in [2.05, 4.69) is 42.3 Å². The number of hydrogen-bond acceptors (Lipinski definition) is 4. The Labute approximate surface area is 113 Å². The molecule has 0 aromatic heterocycles. The molecule has 1 aromatic rings. The van der Waals surface area contributed by atoms with Gasteiger partial charge in [-0.05, 0) is 30.9 Å². The summed E-state index contributed by atoms with van der Waals surface area (Å²) in [6, 6.07) is 9.10. The molecule has 0 amide bonds. The second-order valence-electron chi connectivity index (χ2n) is 4.76. The molecule has 0 spiro atoms. The standard InChI is InChI=1S/C14H21NO2S/c1-11-10-17-13(9-16)8-15(11)7-12-3-5-14(18-2)6-4-12/h3-6,11,13,16H,7-10H2,1-2H3. The molecule has 1 aliphatic heterocycles. The van der Waals surface area contributed by atoms with Crippen LogP contribution in [0.1, 0.15) is 12.5 Å². The predicted octanol–water partition coefficient (Wildman–Crippen LogP) is 1.99. The third-order valence-electron chi connectivity index (χ3n) is 3.38. The van der Waals surface area contributed by atoms with Crippen molar-refractivity contribution in [3.63, 3.8) is 0 Å². The first-order chi connectivity index (χ1) is 8.72. The van der Waals surface area contributed by atoms with Crippen molar-refractivity contribution in [2.24, 2.45) is 0 Å². The second-order valence-corrected chi connectivity index (χ2v) is 5.64. The van der Waals surface area contributed by atoms with Crippen molar-refractivity contribution in [1.82, 2.24) is 4.90 Å². The zero-order valence-corrected chi connectivity index (χ0v) is 11.8. The first-order valence-electron chi connectivity index (χ1n) is 6.32. The summed E-state index contributed by atoms with van der Waals surface area (Å²) >= 11 is 1.76. The third-order valence-corrected chi connectivity index (χ3v) is 4.13. The van der Waals surface area contributed by atoms with E-state index in [0.717, 1.165) is 13.1 Å². The van der Waals surface area contributed by atoms with Gasteiger partial charge in [0.25, 0.3) is 0 Å². The number of benzene rings is 1. The molecule has 2 unspecified atom stereocenters. The number of aliphatic hydroxyl groups is 1. The van der Waals surface area contributed by atoms with Crippen LogP contribution in [0.5, 0.6) is 0 Å². The van der Waals surface area contributed by atoms with Crippen molar-refractivity contribution in [1.29, 1.82) is 0 Å². The molecule has 1 aromatic carbocycles. The SMILES string of the molecule is CSc1ccc(CN2CC(CO)OCC2C)cc1. The van der Waals surface area contributed by atoms with Gasteiger partial charge in [-0.3, -0.25) is 4.90 Å². The number of morpholine rings is 1. The molecule has 0 bridgehead atoms. The predicted molar refractivity (Wildman–Crippen MR) is 74.9 cm³/mol. The van der Waals surface area contributed by atoms with E-state index in [9.17, 15) is 5.11 Å². The van der Waals surface area contributed by atoms with Crippen molar-refractivity contribution < 1.29 is 9.84 Å². The summed E-state index contributed by atoms with van der Waals surface area (Å²) in [5.41, 5.74) is 1.32. The maximum absolute atomic E-state index is 9.18. The molecule has 0 radical (unpaired) electrons. The summed E-state index contributed by atoms with van der Waals surface area (Å²) in [5.74, 6) is 0. The van der Waals surface area contributed by atoms with E-state index < -0.39 is 0 Å². The summed E-state index contributed by atoms with van der Waals surface area (Å²) in [6.45, 7) is 4.71. The molecular weight excluding hydrogens is 246 g/mol. The highest BCUT2D eigenvalue weighted by Crippen LogP contribution is 2.18. The molecule has 0 saturated carbocycles. The maximum atomic E-state index is 9.18. The van der Waals surface area contributed by atoms with Gasteiger partial charge in [-0.15, -0.1) is 11.8 Å². The van der Waals surface area contributed by atoms with E-state index in [4.69, 9.17) is 4.74 Å². The van der Waals surface area contributed by atoms with E-state index >= 15 is 0 Å². The molecular formula is C14H21NO2S. The molecule has 1 aliphatic rings. The monoisotopic (exact) mass is 267 g/mol. The quantitative estimate of drug-likeness (QED) is 0.846. The highest BCUT2D eigenvalue weighted by Gasteiger charge is 2.25. The summed E-state index contributed by atoms with van der Waals surface area (Å²) in [4.78, 5) is 3.67. The van der Waals surface area contributed by atoms with E-state index in [-0.39, 0.29) is 12.7 Å². The number of aliphatic hydroxyl groups excluding tert-OH is 1. The Hall–Kier alpha value is -0.550. The van der Waals surface area contributed by atoms with E-state index in [0.29, 0.717) is 12.6 Å². The Morgan fingerprint density at radius 2 is 2.11 bits per heavy atom. The molecule has 1 heterocycles. The highest BCUT2D eigenvalue weighted by molar-refractivity contribution is 7.98. The number of nitrogens with zero attached hydrogens (tertiary/aromatic N) is 1. The number of hydrogen-bond donors (Lipinski definition) is 1. The van der Waals surface area contributed by atoms with Gasteiger partial charge in [0.15, 0.2) is 0 Å². The fourth-order valence-electron chi connectivity index (χ4n) is 2.17. The highest BCUT2D eigenvalue weighted by atomic mass is 32.2. The van der Waals surface area contributed by atoms with Crippen LogP contribution in [0.15, 0.2) is 29.2 Å². The normalized spacial score (nSPS) is 25.3. The molecule has 0 aliphatic carbocycles. The zero-order valence-electron chi connectivity index (χ0n) is 11.0. The number of rotatable bonds is 4. The minimum atomic E-state index is -0.0355. The lowest BCUT2D eigenvalue weighted by molar-refractivity contribution is -0.0805. The Morgan fingerprint density at radius 3 is 2.72 bits per heavy atom. The first-order valence-corrected chi connectivity index (χ1v) is 7.55. The van der Waals surface area contributed by atoms with Crippen molar-refractivity contribution in [2.75, 3.05) is 26.0 Å². The zero-order chi connectivity index (χ0) is 13.0.